The van der Waals surface area contributed by atoms with Crippen LogP contribution in [0.2, 0.25) is 0 Å². The lowest BCUT2D eigenvalue weighted by Gasteiger charge is -2.26. The fraction of sp³-hybridized carbons (Fsp3) is 0.533. The van der Waals surface area contributed by atoms with Crippen LogP contribution in [0.4, 0.5) is 0 Å². The largest absolute Gasteiger partial charge is 0.378 e. The molecule has 3 nitrogen and oxygen atoms in total. The molecule has 0 heterocycles. The molecule has 1 amide bonds. The van der Waals surface area contributed by atoms with Gasteiger partial charge in [-0.25, -0.2) is 0 Å². The number of hydrogen-bond acceptors (Lipinski definition) is 2. The molecule has 1 rings (SSSR count). The summed E-state index contributed by atoms with van der Waals surface area (Å²) >= 11 is 0. The number of nitrogens with zero attached hydrogens (tertiary/aromatic N) is 1. The maximum absolute atomic E-state index is 12.2. The van der Waals surface area contributed by atoms with Crippen molar-refractivity contribution in [2.75, 3.05) is 13.1 Å². The highest BCUT2D eigenvalue weighted by atomic mass is 16.3. The van der Waals surface area contributed by atoms with Crippen molar-refractivity contribution in [1.82, 2.24) is 4.90 Å². The van der Waals surface area contributed by atoms with E-state index in [2.05, 4.69) is 13.8 Å². The number of aliphatic hydroxyl groups excluding tert-OH is 1. The Kier molecular flexibility index (Phi) is 5.86. The van der Waals surface area contributed by atoms with Crippen LogP contribution in [0.1, 0.15) is 38.9 Å². The van der Waals surface area contributed by atoms with E-state index >= 15 is 0 Å². The van der Waals surface area contributed by atoms with Gasteiger partial charge in [0, 0.05) is 13.1 Å². The molecule has 1 aromatic carbocycles. The average Bonchev–Trinajstić information content (AvgIpc) is 2.37. The molecule has 1 unspecified atom stereocenters. The number of benzene rings is 1. The molecule has 1 atom stereocenters. The third kappa shape index (κ3) is 4.15. The van der Waals surface area contributed by atoms with E-state index in [0.29, 0.717) is 24.6 Å². The van der Waals surface area contributed by atoms with Crippen LogP contribution in [0, 0.1) is 5.92 Å². The molecule has 0 aliphatic rings. The van der Waals surface area contributed by atoms with Crippen molar-refractivity contribution in [3.05, 3.63) is 35.9 Å². The highest BCUT2D eigenvalue weighted by Crippen LogP contribution is 2.16. The minimum Gasteiger partial charge on any atom is -0.378 e. The molecule has 0 aromatic heterocycles. The Balaban J connectivity index is 2.76. The highest BCUT2D eigenvalue weighted by Gasteiger charge is 2.23. The van der Waals surface area contributed by atoms with E-state index < -0.39 is 6.10 Å². The number of rotatable bonds is 6. The fourth-order valence-electron chi connectivity index (χ4n) is 1.95. The molecule has 0 saturated carbocycles. The maximum Gasteiger partial charge on any atom is 0.256 e. The van der Waals surface area contributed by atoms with Crippen LogP contribution in [0.3, 0.4) is 0 Å². The molecule has 0 radical (unpaired) electrons. The monoisotopic (exact) mass is 249 g/mol. The Morgan fingerprint density at radius 2 is 1.89 bits per heavy atom. The number of aliphatic hydroxyl groups is 1. The van der Waals surface area contributed by atoms with E-state index in [1.54, 1.807) is 17.0 Å². The molecule has 18 heavy (non-hydrogen) atoms. The second-order valence-electron chi connectivity index (χ2n) is 4.99. The van der Waals surface area contributed by atoms with Gasteiger partial charge in [-0.05, 0) is 17.9 Å². The first kappa shape index (κ1) is 14.7. The van der Waals surface area contributed by atoms with Gasteiger partial charge in [0.25, 0.3) is 5.91 Å². The Labute approximate surface area is 109 Å². The zero-order valence-electron chi connectivity index (χ0n) is 11.5. The van der Waals surface area contributed by atoms with Gasteiger partial charge in [-0.1, -0.05) is 51.1 Å². The first-order valence-electron chi connectivity index (χ1n) is 6.58. The van der Waals surface area contributed by atoms with E-state index in [0.717, 1.165) is 6.42 Å². The molecule has 1 N–H and O–H groups in total. The van der Waals surface area contributed by atoms with Gasteiger partial charge in [0.2, 0.25) is 0 Å². The molecule has 0 bridgehead atoms. The van der Waals surface area contributed by atoms with Crippen molar-refractivity contribution in [1.29, 1.82) is 0 Å². The molecule has 0 spiro atoms. The second-order valence-corrected chi connectivity index (χ2v) is 4.99. The zero-order chi connectivity index (χ0) is 13.5. The summed E-state index contributed by atoms with van der Waals surface area (Å²) in [7, 11) is 0. The van der Waals surface area contributed by atoms with Crippen molar-refractivity contribution >= 4 is 5.91 Å². The Morgan fingerprint density at radius 1 is 1.28 bits per heavy atom. The minimum atomic E-state index is -1.04. The van der Waals surface area contributed by atoms with Gasteiger partial charge >= 0.3 is 0 Å². The predicted molar refractivity (Wildman–Crippen MR) is 73.1 cm³/mol. The molecule has 0 aliphatic heterocycles. The van der Waals surface area contributed by atoms with Gasteiger partial charge < -0.3 is 10.0 Å². The lowest BCUT2D eigenvalue weighted by atomic mass is 10.1. The van der Waals surface area contributed by atoms with Crippen LogP contribution in [0.25, 0.3) is 0 Å². The van der Waals surface area contributed by atoms with Gasteiger partial charge in [0.05, 0.1) is 0 Å². The molecule has 3 heteroatoms. The van der Waals surface area contributed by atoms with Crippen LogP contribution in [-0.2, 0) is 4.79 Å². The molecule has 0 fully saturated rings. The van der Waals surface area contributed by atoms with Crippen molar-refractivity contribution < 1.29 is 9.90 Å². The quantitative estimate of drug-likeness (QED) is 0.842. The normalized spacial score (nSPS) is 12.5. The van der Waals surface area contributed by atoms with Crippen molar-refractivity contribution in [2.24, 2.45) is 5.92 Å². The highest BCUT2D eigenvalue weighted by molar-refractivity contribution is 5.82. The summed E-state index contributed by atoms with van der Waals surface area (Å²) < 4.78 is 0. The first-order valence-corrected chi connectivity index (χ1v) is 6.58. The van der Waals surface area contributed by atoms with Crippen molar-refractivity contribution in [3.8, 4) is 0 Å². The van der Waals surface area contributed by atoms with Gasteiger partial charge in [-0.15, -0.1) is 0 Å². The van der Waals surface area contributed by atoms with Gasteiger partial charge in [-0.2, -0.15) is 0 Å². The van der Waals surface area contributed by atoms with E-state index in [1.165, 1.54) is 0 Å². The molecule has 1 aromatic rings. The molecule has 0 aliphatic carbocycles. The van der Waals surface area contributed by atoms with Crippen LogP contribution < -0.4 is 0 Å². The first-order chi connectivity index (χ1) is 8.56. The Hall–Kier alpha value is -1.35. The lowest BCUT2D eigenvalue weighted by Crippen LogP contribution is -2.38. The third-order valence-corrected chi connectivity index (χ3v) is 2.74. The SMILES string of the molecule is CCCN(CC(C)C)C(=O)C(O)c1ccccc1. The van der Waals surface area contributed by atoms with Crippen molar-refractivity contribution in [3.63, 3.8) is 0 Å². The summed E-state index contributed by atoms with van der Waals surface area (Å²) in [6.45, 7) is 7.57. The molecular formula is C15H23NO2. The molecule has 100 valence electrons. The Morgan fingerprint density at radius 3 is 2.39 bits per heavy atom. The third-order valence-electron chi connectivity index (χ3n) is 2.74. The smallest absolute Gasteiger partial charge is 0.256 e. The zero-order valence-corrected chi connectivity index (χ0v) is 11.5. The molecular weight excluding hydrogens is 226 g/mol. The Bertz CT molecular complexity index is 362. The summed E-state index contributed by atoms with van der Waals surface area (Å²) in [5.74, 6) is 0.209. The average molecular weight is 249 g/mol. The van der Waals surface area contributed by atoms with E-state index in [1.807, 2.05) is 25.1 Å². The van der Waals surface area contributed by atoms with E-state index in [4.69, 9.17) is 0 Å². The van der Waals surface area contributed by atoms with Gasteiger partial charge in [0.15, 0.2) is 6.10 Å². The number of carbonyl (C=O) groups is 1. The van der Waals surface area contributed by atoms with Gasteiger partial charge in [0.1, 0.15) is 0 Å². The standard InChI is InChI=1S/C15H23NO2/c1-4-10-16(11-12(2)3)15(18)14(17)13-8-6-5-7-9-13/h5-9,12,14,17H,4,10-11H2,1-3H3. The van der Waals surface area contributed by atoms with Crippen LogP contribution in [0.15, 0.2) is 30.3 Å². The topological polar surface area (TPSA) is 40.5 Å². The summed E-state index contributed by atoms with van der Waals surface area (Å²) in [6, 6.07) is 9.10. The fourth-order valence-corrected chi connectivity index (χ4v) is 1.95. The maximum atomic E-state index is 12.2. The van der Waals surface area contributed by atoms with Crippen molar-refractivity contribution in [2.45, 2.75) is 33.3 Å². The summed E-state index contributed by atoms with van der Waals surface area (Å²) in [5, 5.41) is 10.1. The van der Waals surface area contributed by atoms with Crippen LogP contribution in [0.5, 0.6) is 0 Å². The summed E-state index contributed by atoms with van der Waals surface area (Å²) in [5.41, 5.74) is 0.660. The predicted octanol–water partition coefficient (Wildman–Crippen LogP) is 2.61. The summed E-state index contributed by atoms with van der Waals surface area (Å²) in [4.78, 5) is 14.0. The van der Waals surface area contributed by atoms with E-state index in [-0.39, 0.29) is 5.91 Å². The minimum absolute atomic E-state index is 0.197. The molecule has 0 saturated heterocycles. The van der Waals surface area contributed by atoms with E-state index in [9.17, 15) is 9.90 Å². The number of amides is 1. The second kappa shape index (κ2) is 7.17. The van der Waals surface area contributed by atoms with Crippen LogP contribution >= 0.6 is 0 Å². The number of hydrogen-bond donors (Lipinski definition) is 1. The van der Waals surface area contributed by atoms with Gasteiger partial charge in [-0.3, -0.25) is 4.79 Å². The lowest BCUT2D eigenvalue weighted by molar-refractivity contribution is -0.141. The van der Waals surface area contributed by atoms with Crippen LogP contribution in [-0.4, -0.2) is 29.0 Å². The summed E-state index contributed by atoms with van der Waals surface area (Å²) in [6.07, 6.45) is -0.142. The number of carbonyl (C=O) groups excluding carboxylic acids is 1.